The summed E-state index contributed by atoms with van der Waals surface area (Å²) >= 11 is 0. The molecule has 0 unspecified atom stereocenters. The first-order valence-corrected chi connectivity index (χ1v) is 22.0. The average Bonchev–Trinajstić information content (AvgIpc) is 4.20. The molecule has 10 aromatic rings. The van der Waals surface area contributed by atoms with Crippen LogP contribution < -0.4 is 74.4 Å². The van der Waals surface area contributed by atoms with Crippen molar-refractivity contribution in [3.63, 3.8) is 0 Å². The molecule has 368 valence electrons. The van der Waals surface area contributed by atoms with E-state index in [4.69, 9.17) is 0 Å². The predicted octanol–water partition coefficient (Wildman–Crippen LogP) is -0.157. The van der Waals surface area contributed by atoms with Gasteiger partial charge in [-0.25, -0.2) is 12.1 Å². The molecule has 0 saturated carbocycles. The molecule has 0 aliphatic heterocycles. The third-order valence-electron chi connectivity index (χ3n) is 11.2. The molecular formula is C62H66Cl6Zr3. The average molecular weight is 1300 g/mol. The minimum absolute atomic E-state index is 0. The Morgan fingerprint density at radius 1 is 0.310 bits per heavy atom. The summed E-state index contributed by atoms with van der Waals surface area (Å²) in [5.74, 6) is 0. The molecule has 10 aromatic carbocycles. The first-order chi connectivity index (χ1) is 30.6. The monoisotopic (exact) mass is 1290 g/mol. The molecule has 0 fully saturated rings. The second kappa shape index (κ2) is 47.4. The van der Waals surface area contributed by atoms with Crippen LogP contribution in [0.2, 0.25) is 0 Å². The van der Waals surface area contributed by atoms with E-state index < -0.39 is 0 Å². The molecule has 0 radical (unpaired) electrons. The van der Waals surface area contributed by atoms with Crippen molar-refractivity contribution in [3.05, 3.63) is 267 Å². The summed E-state index contributed by atoms with van der Waals surface area (Å²) in [5, 5.41) is 10.8. The molecule has 2 aliphatic carbocycles. The fourth-order valence-electron chi connectivity index (χ4n) is 8.01. The third kappa shape index (κ3) is 26.1. The third-order valence-corrected chi connectivity index (χ3v) is 11.2. The Hall–Kier alpha value is -2.37. The van der Waals surface area contributed by atoms with E-state index in [9.17, 15) is 0 Å². The zero-order valence-corrected chi connectivity index (χ0v) is 53.1. The molecule has 2 aliphatic rings. The van der Waals surface area contributed by atoms with Crippen molar-refractivity contribution >= 4 is 43.1 Å². The first-order valence-electron chi connectivity index (χ1n) is 22.0. The summed E-state index contributed by atoms with van der Waals surface area (Å²) in [6.45, 7) is 22.3. The van der Waals surface area contributed by atoms with Crippen LogP contribution in [0.3, 0.4) is 0 Å². The molecule has 0 aromatic heterocycles. The van der Waals surface area contributed by atoms with Gasteiger partial charge >= 0.3 is 78.6 Å². The Bertz CT molecular complexity index is 2440. The Morgan fingerprint density at radius 2 is 0.606 bits per heavy atom. The maximum Gasteiger partial charge on any atom is 4.00 e. The van der Waals surface area contributed by atoms with Crippen LogP contribution in [0.1, 0.15) is 59.1 Å². The minimum atomic E-state index is 0. The second-order valence-electron chi connectivity index (χ2n) is 15.1. The Morgan fingerprint density at radius 3 is 0.944 bits per heavy atom. The van der Waals surface area contributed by atoms with Crippen molar-refractivity contribution in [3.8, 4) is 0 Å². The van der Waals surface area contributed by atoms with Gasteiger partial charge in [-0.15, -0.1) is 157 Å². The van der Waals surface area contributed by atoms with Crippen molar-refractivity contribution in [2.24, 2.45) is 0 Å². The quantitative estimate of drug-likeness (QED) is 0.147. The number of hydrogen-bond acceptors (Lipinski definition) is 0. The summed E-state index contributed by atoms with van der Waals surface area (Å²) in [5.41, 5.74) is 9.12. The number of fused-ring (bicyclic) bond motifs is 6. The van der Waals surface area contributed by atoms with Crippen LogP contribution in [0.4, 0.5) is 0 Å². The van der Waals surface area contributed by atoms with Crippen molar-refractivity contribution in [2.75, 3.05) is 0 Å². The van der Waals surface area contributed by atoms with E-state index >= 15 is 0 Å². The van der Waals surface area contributed by atoms with Gasteiger partial charge in [0.05, 0.1) is 0 Å². The SMILES string of the molecule is C=C.C=C.C=C.Cc1cccc2[cH-]ccc12.Cc1cccc2[cH-]ccc12.[Cl-].[Cl-].[Cl-].[Cl-].[Cl-].[Cl-].[Zr+4].[Zr+4].[Zr+4].c1cc2c([cH-]1)CCCC2.c1cc2c([cH-]1)CCCC2.c1ccc2[cH-]ccc2c1.c1ccc2[cH-]ccc2c1. The molecule has 12 rings (SSSR count). The largest absolute Gasteiger partial charge is 4.00 e. The molecule has 0 heterocycles. The van der Waals surface area contributed by atoms with Crippen LogP contribution >= 0.6 is 0 Å². The molecule has 0 nitrogen and oxygen atoms in total. The number of halogens is 6. The minimum Gasteiger partial charge on any atom is -1.00 e. The van der Waals surface area contributed by atoms with Gasteiger partial charge < -0.3 is 74.4 Å². The molecule has 0 N–H and O–H groups in total. The fourth-order valence-corrected chi connectivity index (χ4v) is 8.01. The Labute approximate surface area is 522 Å². The van der Waals surface area contributed by atoms with Gasteiger partial charge in [-0.05, 0) is 13.8 Å². The fraction of sp³-hybridized carbons (Fsp3) is 0.161. The molecule has 0 bridgehead atoms. The van der Waals surface area contributed by atoms with Crippen molar-refractivity contribution in [2.45, 2.75) is 65.2 Å². The van der Waals surface area contributed by atoms with E-state index in [-0.39, 0.29) is 153 Å². The molecule has 71 heavy (non-hydrogen) atoms. The number of hydrogen-bond donors (Lipinski definition) is 0. The predicted molar refractivity (Wildman–Crippen MR) is 279 cm³/mol. The van der Waals surface area contributed by atoms with Gasteiger partial charge in [0.1, 0.15) is 0 Å². The second-order valence-corrected chi connectivity index (χ2v) is 15.1. The molecule has 0 amide bonds. The summed E-state index contributed by atoms with van der Waals surface area (Å²) in [7, 11) is 0. The number of benzene rings is 4. The first kappa shape index (κ1) is 80.0. The number of rotatable bonds is 0. The van der Waals surface area contributed by atoms with Crippen molar-refractivity contribution in [1.82, 2.24) is 0 Å². The van der Waals surface area contributed by atoms with Crippen LogP contribution in [0.5, 0.6) is 0 Å². The van der Waals surface area contributed by atoms with Crippen LogP contribution in [0, 0.1) is 13.8 Å². The normalized spacial score (nSPS) is 10.1. The summed E-state index contributed by atoms with van der Waals surface area (Å²) in [6, 6.07) is 68.3. The zero-order chi connectivity index (χ0) is 44.4. The van der Waals surface area contributed by atoms with Gasteiger partial charge in [-0.2, -0.15) is 106 Å². The van der Waals surface area contributed by atoms with Crippen molar-refractivity contribution < 1.29 is 153 Å². The number of aryl methyl sites for hydroxylation is 6. The maximum atomic E-state index is 3.00. The van der Waals surface area contributed by atoms with Gasteiger partial charge in [0.25, 0.3) is 0 Å². The van der Waals surface area contributed by atoms with Crippen LogP contribution in [0.25, 0.3) is 43.1 Å². The van der Waals surface area contributed by atoms with E-state index in [0.717, 1.165) is 0 Å². The summed E-state index contributed by atoms with van der Waals surface area (Å²) < 4.78 is 0. The summed E-state index contributed by atoms with van der Waals surface area (Å²) in [4.78, 5) is 0. The van der Waals surface area contributed by atoms with Gasteiger partial charge in [0.2, 0.25) is 0 Å². The molecular weight excluding hydrogens is 1230 g/mol. The molecule has 9 heteroatoms. The zero-order valence-electron chi connectivity index (χ0n) is 41.1. The Kier molecular flexibility index (Phi) is 53.4. The van der Waals surface area contributed by atoms with E-state index in [2.05, 4.69) is 247 Å². The molecule has 0 spiro atoms. The van der Waals surface area contributed by atoms with E-state index in [1.807, 2.05) is 0 Å². The summed E-state index contributed by atoms with van der Waals surface area (Å²) in [6.07, 6.45) is 10.9. The maximum absolute atomic E-state index is 3.00. The standard InChI is InChI=1S/2C10H9.2C9H11.2C9H7.3C2H4.6ClH.3Zr/c2*1-8-4-2-5-9-6-3-7-10(8)9;4*1-2-5-9-7-3-6-8(9)4-1;3*1-2;;;;;;;;;/h2*2-7H,1H3;2*3,6-7H,1-2,4-5H2;2*1-7H;3*1-2H2;6*1H;;;/q6*-1;;;;;;;;;;3*+4/p-6. The van der Waals surface area contributed by atoms with E-state index in [0.29, 0.717) is 0 Å². The smallest absolute Gasteiger partial charge is 1.00 e. The molecule has 0 saturated heterocycles. The van der Waals surface area contributed by atoms with E-state index in [1.54, 1.807) is 22.3 Å². The van der Waals surface area contributed by atoms with Gasteiger partial charge in [0, 0.05) is 0 Å². The van der Waals surface area contributed by atoms with Crippen LogP contribution in [-0.4, -0.2) is 0 Å². The van der Waals surface area contributed by atoms with E-state index in [1.165, 1.54) is 106 Å². The van der Waals surface area contributed by atoms with Gasteiger partial charge in [-0.1, -0.05) is 86.8 Å². The van der Waals surface area contributed by atoms with Crippen molar-refractivity contribution in [1.29, 1.82) is 0 Å². The van der Waals surface area contributed by atoms with Crippen LogP contribution in [-0.2, 0) is 104 Å². The van der Waals surface area contributed by atoms with Gasteiger partial charge in [0.15, 0.2) is 0 Å². The van der Waals surface area contributed by atoms with Gasteiger partial charge in [-0.3, -0.25) is 0 Å². The topological polar surface area (TPSA) is 0 Å². The van der Waals surface area contributed by atoms with Crippen LogP contribution in [0.15, 0.2) is 234 Å². The molecule has 0 atom stereocenters. The Balaban J connectivity index is -0.000000171.